The van der Waals surface area contributed by atoms with Gasteiger partial charge in [0.15, 0.2) is 18.3 Å². The predicted molar refractivity (Wildman–Crippen MR) is 228 cm³/mol. The van der Waals surface area contributed by atoms with E-state index in [9.17, 15) is 33.6 Å². The molecule has 1 N–H and O–H groups in total. The van der Waals surface area contributed by atoms with Gasteiger partial charge in [-0.2, -0.15) is 0 Å². The van der Waals surface area contributed by atoms with Gasteiger partial charge in [-0.15, -0.1) is 0 Å². The number of amides is 6. The zero-order valence-corrected chi connectivity index (χ0v) is 36.3. The number of para-hydroxylation sites is 1. The lowest BCUT2D eigenvalue weighted by molar-refractivity contribution is -0.152. The highest BCUT2D eigenvalue weighted by atomic mass is 16.6. The summed E-state index contributed by atoms with van der Waals surface area (Å²) in [5.74, 6) is -1.01. The van der Waals surface area contributed by atoms with Crippen molar-refractivity contribution >= 4 is 52.6 Å². The number of esters is 1. The number of piperidine rings is 3. The summed E-state index contributed by atoms with van der Waals surface area (Å²) in [6.07, 6.45) is 3.49. The molecule has 0 spiro atoms. The molecule has 2 aromatic carbocycles. The molecule has 4 aliphatic rings. The normalized spacial score (nSPS) is 18.5. The minimum atomic E-state index is -1.11. The maximum absolute atomic E-state index is 14.4. The monoisotopic (exact) mass is 857 g/mol. The first kappa shape index (κ1) is 44.2. The molecular weight excluding hydrogens is 799 g/mol. The van der Waals surface area contributed by atoms with Crippen LogP contribution < -0.4 is 11.1 Å². The minimum absolute atomic E-state index is 0.0321. The Kier molecular flexibility index (Phi) is 13.9. The number of benzene rings is 2. The number of likely N-dealkylation sites (N-methyl/N-ethyl adjacent to an activating group) is 1. The van der Waals surface area contributed by atoms with Crippen LogP contribution >= 0.6 is 0 Å². The van der Waals surface area contributed by atoms with Gasteiger partial charge in [0.2, 0.25) is 5.91 Å². The van der Waals surface area contributed by atoms with Crippen molar-refractivity contribution in [1.29, 1.82) is 0 Å². The molecule has 62 heavy (non-hydrogen) atoms. The number of fused-ring (bicyclic) bond motifs is 2. The number of nitrogens with one attached hydrogen (secondary N) is 1. The van der Waals surface area contributed by atoms with Gasteiger partial charge in [-0.05, 0) is 92.5 Å². The van der Waals surface area contributed by atoms with Crippen molar-refractivity contribution < 1.29 is 42.7 Å². The number of hydrogen-bond acceptors (Lipinski definition) is 10. The van der Waals surface area contributed by atoms with Gasteiger partial charge in [0, 0.05) is 91.5 Å². The van der Waals surface area contributed by atoms with Gasteiger partial charge in [0.1, 0.15) is 0 Å². The Bertz CT molecular complexity index is 2210. The lowest BCUT2D eigenvalue weighted by Crippen LogP contribution is -2.52. The number of rotatable bonds is 11. The average molecular weight is 858 g/mol. The van der Waals surface area contributed by atoms with E-state index in [2.05, 4.69) is 5.32 Å². The number of aryl methyl sites for hydroxylation is 2. The molecule has 17 nitrogen and oxygen atoms in total. The molecular formula is C45H59N7O10. The summed E-state index contributed by atoms with van der Waals surface area (Å²) >= 11 is 0. The fourth-order valence-corrected chi connectivity index (χ4v) is 9.51. The number of ether oxygens (including phenoxy) is 2. The average Bonchev–Trinajstić information content (AvgIpc) is 3.45. The Hall–Kier alpha value is -5.87. The van der Waals surface area contributed by atoms with Gasteiger partial charge >= 0.3 is 23.8 Å². The maximum atomic E-state index is 14.4. The van der Waals surface area contributed by atoms with E-state index in [0.717, 1.165) is 48.9 Å². The number of likely N-dealkylation sites (tertiary alicyclic amines) is 3. The van der Waals surface area contributed by atoms with Crippen LogP contribution in [0.3, 0.4) is 0 Å². The van der Waals surface area contributed by atoms with E-state index >= 15 is 0 Å². The van der Waals surface area contributed by atoms with E-state index in [0.29, 0.717) is 87.2 Å². The van der Waals surface area contributed by atoms with Gasteiger partial charge in [-0.3, -0.25) is 23.7 Å². The molecule has 0 unspecified atom stereocenters. The largest absolute Gasteiger partial charge is 0.456 e. The van der Waals surface area contributed by atoms with E-state index in [-0.39, 0.29) is 55.7 Å². The van der Waals surface area contributed by atoms with Crippen LogP contribution in [0.1, 0.15) is 68.1 Å². The van der Waals surface area contributed by atoms with Crippen molar-refractivity contribution in [2.75, 3.05) is 71.8 Å². The number of carbonyl (C=O) groups excluding carboxylic acids is 6. The first-order valence-electron chi connectivity index (χ1n) is 21.9. The van der Waals surface area contributed by atoms with Gasteiger partial charge < -0.3 is 43.7 Å². The van der Waals surface area contributed by atoms with Gasteiger partial charge in [-0.1, -0.05) is 24.3 Å². The highest BCUT2D eigenvalue weighted by molar-refractivity contribution is 5.91. The number of urea groups is 1. The zero-order valence-electron chi connectivity index (χ0n) is 36.3. The second-order valence-corrected chi connectivity index (χ2v) is 17.3. The van der Waals surface area contributed by atoms with Crippen molar-refractivity contribution in [2.45, 2.75) is 83.3 Å². The van der Waals surface area contributed by atoms with E-state index in [1.165, 1.54) is 9.47 Å². The molecule has 5 heterocycles. The molecule has 0 aliphatic carbocycles. The summed E-state index contributed by atoms with van der Waals surface area (Å²) in [6.45, 7) is 5.07. The molecule has 6 amide bonds. The standard InChI is InChI=1S/C45H59N7O10/c1-29-25-30(26-36-41(29)48(4)44(58)61-36)27-37(62-45(59)51-22-16-34(17-23-51)52-24-15-33-7-5-6-8-35(33)46-43(52)57)42(56)50-20-13-32(14-21-50)31-11-18-49(19-12-31)38(53)9-10-40(55)60-28-39(54)47(2)3/h5-8,25-26,31-32,34,37H,9-24,27-28H2,1-4H3,(H,46,57)/t37-/m1/s1. The Labute approximate surface area is 361 Å². The highest BCUT2D eigenvalue weighted by Crippen LogP contribution is 2.34. The van der Waals surface area contributed by atoms with Crippen LogP contribution in [0.5, 0.6) is 0 Å². The number of nitrogens with zero attached hydrogens (tertiary/aromatic N) is 6. The molecule has 1 atom stereocenters. The summed E-state index contributed by atoms with van der Waals surface area (Å²) in [7, 11) is 4.80. The summed E-state index contributed by atoms with van der Waals surface area (Å²) in [5, 5.41) is 3.04. The predicted octanol–water partition coefficient (Wildman–Crippen LogP) is 3.93. The van der Waals surface area contributed by atoms with Crippen molar-refractivity contribution in [2.24, 2.45) is 18.9 Å². The molecule has 3 saturated heterocycles. The minimum Gasteiger partial charge on any atom is -0.456 e. The van der Waals surface area contributed by atoms with Crippen LogP contribution in [0.2, 0.25) is 0 Å². The van der Waals surface area contributed by atoms with Crippen LogP contribution in [0.25, 0.3) is 11.1 Å². The Morgan fingerprint density at radius 1 is 0.839 bits per heavy atom. The second kappa shape index (κ2) is 19.5. The summed E-state index contributed by atoms with van der Waals surface area (Å²) < 4.78 is 18.1. The molecule has 0 saturated carbocycles. The molecule has 4 aliphatic heterocycles. The molecule has 3 aromatic rings. The van der Waals surface area contributed by atoms with Crippen molar-refractivity contribution in [3.63, 3.8) is 0 Å². The number of anilines is 1. The quantitative estimate of drug-likeness (QED) is 0.277. The van der Waals surface area contributed by atoms with E-state index in [1.54, 1.807) is 41.9 Å². The summed E-state index contributed by atoms with van der Waals surface area (Å²) in [6, 6.07) is 11.2. The van der Waals surface area contributed by atoms with Crippen LogP contribution in [-0.2, 0) is 48.5 Å². The van der Waals surface area contributed by atoms with Gasteiger partial charge in [-0.25, -0.2) is 14.4 Å². The first-order chi connectivity index (χ1) is 29.7. The third-order valence-corrected chi connectivity index (χ3v) is 13.2. The van der Waals surface area contributed by atoms with Crippen molar-refractivity contribution in [3.8, 4) is 0 Å². The number of oxazole rings is 1. The fourth-order valence-electron chi connectivity index (χ4n) is 9.51. The highest BCUT2D eigenvalue weighted by Gasteiger charge is 2.37. The number of hydrogen-bond donors (Lipinski definition) is 1. The van der Waals surface area contributed by atoms with Crippen LogP contribution in [0, 0.1) is 18.8 Å². The SMILES string of the molecule is Cc1cc(C[C@@H](OC(=O)N2CCC(N3CCc4ccccc4NC3=O)CC2)C(=O)N2CCC(C3CCN(C(=O)CCC(=O)OCC(=O)N(C)C)CC3)CC2)cc2oc(=O)n(C)c12. The molecule has 0 bridgehead atoms. The van der Waals surface area contributed by atoms with Crippen molar-refractivity contribution in [1.82, 2.24) is 29.1 Å². The maximum Gasteiger partial charge on any atom is 0.419 e. The van der Waals surface area contributed by atoms with Crippen LogP contribution in [0.4, 0.5) is 15.3 Å². The zero-order chi connectivity index (χ0) is 44.1. The molecule has 17 heteroatoms. The van der Waals surface area contributed by atoms with E-state index < -0.39 is 23.9 Å². The second-order valence-electron chi connectivity index (χ2n) is 17.3. The van der Waals surface area contributed by atoms with Crippen LogP contribution in [0.15, 0.2) is 45.6 Å². The van der Waals surface area contributed by atoms with Crippen molar-refractivity contribution in [3.05, 3.63) is 63.6 Å². The topological polar surface area (TPSA) is 184 Å². The lowest BCUT2D eigenvalue weighted by Gasteiger charge is -2.41. The lowest BCUT2D eigenvalue weighted by atomic mass is 9.78. The Morgan fingerprint density at radius 2 is 1.48 bits per heavy atom. The number of aromatic nitrogens is 1. The van der Waals surface area contributed by atoms with Crippen LogP contribution in [-0.4, -0.2) is 144 Å². The fraction of sp³-hybridized carbons (Fsp3) is 0.578. The molecule has 1 aromatic heterocycles. The third kappa shape index (κ3) is 10.2. The molecule has 3 fully saturated rings. The smallest absolute Gasteiger partial charge is 0.419 e. The molecule has 7 rings (SSSR count). The third-order valence-electron chi connectivity index (χ3n) is 13.2. The van der Waals surface area contributed by atoms with Gasteiger partial charge in [0.25, 0.3) is 11.8 Å². The van der Waals surface area contributed by atoms with E-state index in [1.807, 2.05) is 42.2 Å². The Balaban J connectivity index is 0.935. The molecule has 334 valence electrons. The molecule has 0 radical (unpaired) electrons. The van der Waals surface area contributed by atoms with E-state index in [4.69, 9.17) is 13.9 Å². The Morgan fingerprint density at radius 3 is 2.16 bits per heavy atom. The summed E-state index contributed by atoms with van der Waals surface area (Å²) in [4.78, 5) is 98.8. The summed E-state index contributed by atoms with van der Waals surface area (Å²) in [5.41, 5.74) is 4.48. The number of carbonyl (C=O) groups is 6. The first-order valence-corrected chi connectivity index (χ1v) is 21.9. The van der Waals surface area contributed by atoms with Gasteiger partial charge in [0.05, 0.1) is 11.9 Å².